The summed E-state index contributed by atoms with van der Waals surface area (Å²) >= 11 is 5.95. The molecule has 0 aliphatic heterocycles. The highest BCUT2D eigenvalue weighted by Gasteiger charge is 2.30. The number of carbonyl (C=O) groups is 2. The summed E-state index contributed by atoms with van der Waals surface area (Å²) in [6.45, 7) is 4.46. The van der Waals surface area contributed by atoms with Crippen molar-refractivity contribution in [3.05, 3.63) is 101 Å². The van der Waals surface area contributed by atoms with Gasteiger partial charge in [0.15, 0.2) is 0 Å². The number of hydrogen-bond donors (Lipinski definition) is 2. The zero-order valence-corrected chi connectivity index (χ0v) is 23.6. The molecule has 1 aromatic heterocycles. The number of anilines is 1. The SMILES string of the molecule is CC(C)CN(CC(=O)N(CCc1c[nH]c2ccccc12)Cc1ccc(C(F)(F)F)cc1)C(=O)Nc1ccc(Cl)cc1. The van der Waals surface area contributed by atoms with Crippen molar-refractivity contribution in [1.29, 1.82) is 0 Å². The Morgan fingerprint density at radius 1 is 0.951 bits per heavy atom. The Bertz CT molecular complexity index is 1470. The third-order valence-electron chi connectivity index (χ3n) is 6.63. The number of aromatic nitrogens is 1. The van der Waals surface area contributed by atoms with Crippen molar-refractivity contribution >= 4 is 40.1 Å². The molecule has 0 fully saturated rings. The van der Waals surface area contributed by atoms with E-state index >= 15 is 0 Å². The monoisotopic (exact) mass is 584 g/mol. The van der Waals surface area contributed by atoms with Crippen LogP contribution in [0.4, 0.5) is 23.7 Å². The fourth-order valence-electron chi connectivity index (χ4n) is 4.56. The van der Waals surface area contributed by atoms with Crippen LogP contribution < -0.4 is 5.32 Å². The number of alkyl halides is 3. The number of H-pyrrole nitrogens is 1. The van der Waals surface area contributed by atoms with Crippen LogP contribution in [0.3, 0.4) is 0 Å². The van der Waals surface area contributed by atoms with Gasteiger partial charge in [0.2, 0.25) is 5.91 Å². The Morgan fingerprint density at radius 2 is 1.63 bits per heavy atom. The van der Waals surface area contributed by atoms with E-state index < -0.39 is 17.8 Å². The predicted octanol–water partition coefficient (Wildman–Crippen LogP) is 7.60. The standard InChI is InChI=1S/C31H32ClF3N4O2/c1-21(2)18-39(30(41)37-26-13-11-25(32)12-14-26)20-29(40)38(19-22-7-9-24(10-8-22)31(33,34)35)16-15-23-17-36-28-6-4-3-5-27(23)28/h3-14,17,21,36H,15-16,18-20H2,1-2H3,(H,37,41). The van der Waals surface area contributed by atoms with Gasteiger partial charge in [-0.25, -0.2) is 4.79 Å². The van der Waals surface area contributed by atoms with E-state index in [1.165, 1.54) is 17.0 Å². The molecule has 1 heterocycles. The lowest BCUT2D eigenvalue weighted by atomic mass is 10.1. The molecule has 3 aromatic carbocycles. The topological polar surface area (TPSA) is 68.4 Å². The highest BCUT2D eigenvalue weighted by molar-refractivity contribution is 6.30. The third kappa shape index (κ3) is 8.27. The fourth-order valence-corrected chi connectivity index (χ4v) is 4.69. The molecule has 0 radical (unpaired) electrons. The second-order valence-corrected chi connectivity index (χ2v) is 10.8. The van der Waals surface area contributed by atoms with Crippen LogP contribution in [0.15, 0.2) is 79.0 Å². The molecule has 41 heavy (non-hydrogen) atoms. The molecule has 0 unspecified atom stereocenters. The summed E-state index contributed by atoms with van der Waals surface area (Å²) in [5.41, 5.74) is 2.35. The lowest BCUT2D eigenvalue weighted by Crippen LogP contribution is -2.46. The molecular weight excluding hydrogens is 553 g/mol. The van der Waals surface area contributed by atoms with Gasteiger partial charge in [-0.1, -0.05) is 55.8 Å². The van der Waals surface area contributed by atoms with Gasteiger partial charge < -0.3 is 20.1 Å². The normalized spacial score (nSPS) is 11.6. The number of nitrogens with one attached hydrogen (secondary N) is 2. The van der Waals surface area contributed by atoms with E-state index in [4.69, 9.17) is 11.6 Å². The van der Waals surface area contributed by atoms with Gasteiger partial charge in [0.1, 0.15) is 6.54 Å². The zero-order valence-electron chi connectivity index (χ0n) is 22.8. The Morgan fingerprint density at radius 3 is 2.29 bits per heavy atom. The minimum Gasteiger partial charge on any atom is -0.361 e. The van der Waals surface area contributed by atoms with Gasteiger partial charge in [-0.2, -0.15) is 13.2 Å². The van der Waals surface area contributed by atoms with Gasteiger partial charge >= 0.3 is 12.2 Å². The number of fused-ring (bicyclic) bond motifs is 1. The minimum atomic E-state index is -4.45. The molecule has 0 aliphatic rings. The van der Waals surface area contributed by atoms with Crippen LogP contribution in [-0.4, -0.2) is 46.4 Å². The maximum Gasteiger partial charge on any atom is 0.416 e. The lowest BCUT2D eigenvalue weighted by molar-refractivity contribution is -0.137. The van der Waals surface area contributed by atoms with Crippen molar-refractivity contribution in [2.45, 2.75) is 33.0 Å². The van der Waals surface area contributed by atoms with Crippen LogP contribution in [0, 0.1) is 5.92 Å². The summed E-state index contributed by atoms with van der Waals surface area (Å²) in [6, 6.07) is 18.9. The quantitative estimate of drug-likeness (QED) is 0.201. The molecule has 3 amide bonds. The number of halogens is 4. The van der Waals surface area contributed by atoms with Crippen molar-refractivity contribution in [2.75, 3.05) is 25.0 Å². The second-order valence-electron chi connectivity index (χ2n) is 10.3. The van der Waals surface area contributed by atoms with Gasteiger partial charge in [-0.3, -0.25) is 4.79 Å². The number of urea groups is 1. The number of amides is 3. The summed E-state index contributed by atoms with van der Waals surface area (Å²) in [5.74, 6) is -0.218. The molecular formula is C31H32ClF3N4O2. The van der Waals surface area contributed by atoms with Crippen LogP contribution in [-0.2, 0) is 23.9 Å². The lowest BCUT2D eigenvalue weighted by Gasteiger charge is -2.29. The number of benzene rings is 3. The van der Waals surface area contributed by atoms with Crippen molar-refractivity contribution in [2.24, 2.45) is 5.92 Å². The maximum absolute atomic E-state index is 13.7. The highest BCUT2D eigenvalue weighted by Crippen LogP contribution is 2.29. The molecule has 0 atom stereocenters. The van der Waals surface area contributed by atoms with Crippen molar-refractivity contribution in [1.82, 2.24) is 14.8 Å². The average Bonchev–Trinajstić information content (AvgIpc) is 3.34. The molecule has 4 aromatic rings. The van der Waals surface area contributed by atoms with Crippen LogP contribution in [0.25, 0.3) is 10.9 Å². The second kappa shape index (κ2) is 13.1. The first kappa shape index (κ1) is 30.0. The largest absolute Gasteiger partial charge is 0.416 e. The first-order valence-corrected chi connectivity index (χ1v) is 13.7. The van der Waals surface area contributed by atoms with E-state index in [1.54, 1.807) is 29.2 Å². The van der Waals surface area contributed by atoms with E-state index in [1.807, 2.05) is 44.3 Å². The molecule has 0 saturated heterocycles. The van der Waals surface area contributed by atoms with Gasteiger partial charge in [-0.15, -0.1) is 0 Å². The van der Waals surface area contributed by atoms with E-state index in [0.717, 1.165) is 28.6 Å². The van der Waals surface area contributed by atoms with Gasteiger partial charge in [0, 0.05) is 47.4 Å². The Balaban J connectivity index is 1.53. The third-order valence-corrected chi connectivity index (χ3v) is 6.88. The smallest absolute Gasteiger partial charge is 0.361 e. The predicted molar refractivity (Wildman–Crippen MR) is 156 cm³/mol. The van der Waals surface area contributed by atoms with Crippen molar-refractivity contribution in [3.8, 4) is 0 Å². The average molecular weight is 585 g/mol. The molecule has 6 nitrogen and oxygen atoms in total. The Hall–Kier alpha value is -3.98. The van der Waals surface area contributed by atoms with Gasteiger partial charge in [-0.05, 0) is 65.9 Å². The van der Waals surface area contributed by atoms with Gasteiger partial charge in [0.05, 0.1) is 5.56 Å². The van der Waals surface area contributed by atoms with Crippen LogP contribution in [0.1, 0.15) is 30.5 Å². The van der Waals surface area contributed by atoms with E-state index in [9.17, 15) is 22.8 Å². The van der Waals surface area contributed by atoms with Crippen LogP contribution in [0.5, 0.6) is 0 Å². The highest BCUT2D eigenvalue weighted by atomic mass is 35.5. The number of para-hydroxylation sites is 1. The summed E-state index contributed by atoms with van der Waals surface area (Å²) in [4.78, 5) is 33.1. The van der Waals surface area contributed by atoms with Crippen LogP contribution >= 0.6 is 11.6 Å². The van der Waals surface area contributed by atoms with E-state index in [2.05, 4.69) is 10.3 Å². The Kier molecular flexibility index (Phi) is 9.60. The zero-order chi connectivity index (χ0) is 29.6. The Labute approximate surface area is 242 Å². The molecule has 0 bridgehead atoms. The van der Waals surface area contributed by atoms with E-state index in [-0.39, 0.29) is 24.9 Å². The summed E-state index contributed by atoms with van der Waals surface area (Å²) in [6.07, 6.45) is -2.02. The number of aromatic amines is 1. The summed E-state index contributed by atoms with van der Waals surface area (Å²) < 4.78 is 39.3. The maximum atomic E-state index is 13.7. The van der Waals surface area contributed by atoms with Crippen molar-refractivity contribution < 1.29 is 22.8 Å². The number of rotatable bonds is 10. The van der Waals surface area contributed by atoms with Crippen molar-refractivity contribution in [3.63, 3.8) is 0 Å². The fraction of sp³-hybridized carbons (Fsp3) is 0.290. The number of hydrogen-bond acceptors (Lipinski definition) is 2. The number of nitrogens with zero attached hydrogens (tertiary/aromatic N) is 2. The molecule has 0 spiro atoms. The molecule has 216 valence electrons. The molecule has 4 rings (SSSR count). The first-order chi connectivity index (χ1) is 19.5. The van der Waals surface area contributed by atoms with E-state index in [0.29, 0.717) is 35.8 Å². The molecule has 0 aliphatic carbocycles. The number of carbonyl (C=O) groups excluding carboxylic acids is 2. The molecule has 10 heteroatoms. The van der Waals surface area contributed by atoms with Crippen LogP contribution in [0.2, 0.25) is 5.02 Å². The molecule has 2 N–H and O–H groups in total. The summed E-state index contributed by atoms with van der Waals surface area (Å²) in [5, 5.41) is 4.38. The minimum absolute atomic E-state index is 0.0911. The summed E-state index contributed by atoms with van der Waals surface area (Å²) in [7, 11) is 0. The molecule has 0 saturated carbocycles. The van der Waals surface area contributed by atoms with Gasteiger partial charge in [0.25, 0.3) is 0 Å². The first-order valence-electron chi connectivity index (χ1n) is 13.3.